The Morgan fingerprint density at radius 2 is 2.25 bits per heavy atom. The molecule has 1 radical (unpaired) electrons. The number of rotatable bonds is 3. The number of hydrogen-bond acceptors (Lipinski definition) is 2. The minimum absolute atomic E-state index is 0.149. The molecule has 0 saturated carbocycles. The van der Waals surface area contributed by atoms with Crippen LogP contribution in [0.4, 0.5) is 14.6 Å². The van der Waals surface area contributed by atoms with E-state index in [0.717, 1.165) is 24.9 Å². The number of hydrogen-bond donors (Lipinski definition) is 1. The van der Waals surface area contributed by atoms with Crippen LogP contribution in [0.2, 0.25) is 0 Å². The lowest BCUT2D eigenvalue weighted by Crippen LogP contribution is -2.19. The van der Waals surface area contributed by atoms with E-state index in [-0.39, 0.29) is 18.5 Å². The van der Waals surface area contributed by atoms with Gasteiger partial charge >= 0.3 is 0 Å². The Labute approximate surface area is 94.1 Å². The average Bonchev–Trinajstić information content (AvgIpc) is 2.28. The van der Waals surface area contributed by atoms with Crippen LogP contribution in [-0.4, -0.2) is 11.5 Å². The van der Waals surface area contributed by atoms with Gasteiger partial charge in [-0.2, -0.15) is 8.78 Å². The highest BCUT2D eigenvalue weighted by molar-refractivity contribution is 5.47. The van der Waals surface area contributed by atoms with Gasteiger partial charge in [0.25, 0.3) is 5.92 Å². The molecule has 0 aliphatic carbocycles. The molecular weight excluding hydrogens is 210 g/mol. The van der Waals surface area contributed by atoms with Crippen molar-refractivity contribution in [3.63, 3.8) is 0 Å². The summed E-state index contributed by atoms with van der Waals surface area (Å²) in [6, 6.07) is 3.18. The summed E-state index contributed by atoms with van der Waals surface area (Å²) in [6.07, 6.45) is 1.90. The molecule has 1 aliphatic heterocycles. The van der Waals surface area contributed by atoms with E-state index in [2.05, 4.69) is 17.2 Å². The third kappa shape index (κ3) is 2.15. The molecule has 0 fully saturated rings. The monoisotopic (exact) mass is 225 g/mol. The molecule has 1 aliphatic rings. The molecule has 2 rings (SSSR count). The molecular formula is C12H15F2N2. The van der Waals surface area contributed by atoms with Crippen LogP contribution in [0.15, 0.2) is 12.1 Å². The molecule has 1 N–H and O–H groups in total. The third-order valence-electron chi connectivity index (χ3n) is 2.76. The number of alkyl halides is 2. The van der Waals surface area contributed by atoms with Gasteiger partial charge in [-0.15, -0.1) is 0 Å². The van der Waals surface area contributed by atoms with Crippen molar-refractivity contribution in [2.45, 2.75) is 31.6 Å². The van der Waals surface area contributed by atoms with Crippen LogP contribution in [0.1, 0.15) is 30.5 Å². The first-order valence-electron chi connectivity index (χ1n) is 5.55. The fraction of sp³-hybridized carbons (Fsp3) is 0.500. The summed E-state index contributed by atoms with van der Waals surface area (Å²) in [6.45, 7) is 4.27. The lowest BCUT2D eigenvalue weighted by atomic mass is 10.0. The summed E-state index contributed by atoms with van der Waals surface area (Å²) in [5.74, 6) is -2.25. The van der Waals surface area contributed by atoms with Gasteiger partial charge in [0, 0.05) is 13.0 Å². The molecule has 2 nitrogen and oxygen atoms in total. The van der Waals surface area contributed by atoms with E-state index in [0.29, 0.717) is 5.82 Å². The number of halogens is 2. The summed E-state index contributed by atoms with van der Waals surface area (Å²) in [5, 5.41) is 3.06. The van der Waals surface area contributed by atoms with E-state index in [1.165, 1.54) is 6.07 Å². The third-order valence-corrected chi connectivity index (χ3v) is 2.76. The highest BCUT2D eigenvalue weighted by atomic mass is 19.3. The molecule has 0 spiro atoms. The first-order valence-corrected chi connectivity index (χ1v) is 5.55. The van der Waals surface area contributed by atoms with Crippen molar-refractivity contribution in [3.05, 3.63) is 30.3 Å². The fourth-order valence-corrected chi connectivity index (χ4v) is 1.88. The van der Waals surface area contributed by atoms with Gasteiger partial charge in [-0.25, -0.2) is 4.98 Å². The zero-order chi connectivity index (χ0) is 11.6. The Morgan fingerprint density at radius 1 is 1.44 bits per heavy atom. The van der Waals surface area contributed by atoms with Gasteiger partial charge < -0.3 is 5.32 Å². The fourth-order valence-electron chi connectivity index (χ4n) is 1.88. The van der Waals surface area contributed by atoms with E-state index < -0.39 is 5.92 Å². The zero-order valence-electron chi connectivity index (χ0n) is 9.10. The maximum absolute atomic E-state index is 13.6. The van der Waals surface area contributed by atoms with E-state index in [9.17, 15) is 8.78 Å². The molecule has 0 bridgehead atoms. The second-order valence-corrected chi connectivity index (χ2v) is 4.04. The topological polar surface area (TPSA) is 24.9 Å². The summed E-state index contributed by atoms with van der Waals surface area (Å²) < 4.78 is 27.2. The maximum atomic E-state index is 13.6. The van der Waals surface area contributed by atoms with Crippen molar-refractivity contribution in [2.75, 3.05) is 11.9 Å². The Balaban J connectivity index is 2.29. The van der Waals surface area contributed by atoms with Crippen LogP contribution in [0.5, 0.6) is 0 Å². The lowest BCUT2D eigenvalue weighted by molar-refractivity contribution is -0.0168. The van der Waals surface area contributed by atoms with Crippen molar-refractivity contribution < 1.29 is 8.78 Å². The summed E-state index contributed by atoms with van der Waals surface area (Å²) in [5.41, 5.74) is 0.879. The number of aryl methyl sites for hydroxylation is 1. The van der Waals surface area contributed by atoms with E-state index in [1.807, 2.05) is 0 Å². The number of fused-ring (bicyclic) bond motifs is 1. The largest absolute Gasteiger partial charge is 0.370 e. The molecule has 0 aromatic carbocycles. The zero-order valence-corrected chi connectivity index (χ0v) is 9.10. The smallest absolute Gasteiger partial charge is 0.289 e. The van der Waals surface area contributed by atoms with Crippen LogP contribution in [0.25, 0.3) is 0 Å². The Bertz CT molecular complexity index is 377. The van der Waals surface area contributed by atoms with E-state index in [1.54, 1.807) is 6.07 Å². The van der Waals surface area contributed by atoms with Crippen molar-refractivity contribution in [2.24, 2.45) is 0 Å². The number of aromatic nitrogens is 1. The molecule has 0 amide bonds. The van der Waals surface area contributed by atoms with Crippen LogP contribution < -0.4 is 5.32 Å². The quantitative estimate of drug-likeness (QED) is 0.854. The van der Waals surface area contributed by atoms with Crippen LogP contribution >= 0.6 is 0 Å². The van der Waals surface area contributed by atoms with Gasteiger partial charge in [-0.3, -0.25) is 0 Å². The van der Waals surface area contributed by atoms with Crippen LogP contribution in [0, 0.1) is 6.92 Å². The van der Waals surface area contributed by atoms with Gasteiger partial charge in [0.2, 0.25) is 0 Å². The van der Waals surface area contributed by atoms with E-state index in [4.69, 9.17) is 0 Å². The minimum Gasteiger partial charge on any atom is -0.370 e. The Morgan fingerprint density at radius 3 is 3.00 bits per heavy atom. The number of nitrogens with zero attached hydrogens (tertiary/aromatic N) is 1. The van der Waals surface area contributed by atoms with Gasteiger partial charge in [0.15, 0.2) is 0 Å². The molecule has 0 unspecified atom stereocenters. The average molecular weight is 225 g/mol. The van der Waals surface area contributed by atoms with Crippen molar-refractivity contribution in [1.29, 1.82) is 0 Å². The molecule has 2 heterocycles. The molecule has 4 heteroatoms. The van der Waals surface area contributed by atoms with Gasteiger partial charge in [0.05, 0.1) is 0 Å². The Hall–Kier alpha value is -1.19. The highest BCUT2D eigenvalue weighted by Gasteiger charge is 2.32. The normalized spacial score (nSPS) is 15.4. The van der Waals surface area contributed by atoms with Gasteiger partial charge in [0.1, 0.15) is 11.5 Å². The predicted octanol–water partition coefficient (Wildman–Crippen LogP) is 3.15. The van der Waals surface area contributed by atoms with Crippen LogP contribution in [0.3, 0.4) is 0 Å². The standard InChI is InChI=1S/C12H15F2N2/c1-2-7-12(13,14)10-6-5-9-4-3-8-15-11(9)16-10/h5-6H,1-4,7-8H2,(H,15,16). The molecule has 16 heavy (non-hydrogen) atoms. The number of pyridine rings is 1. The molecule has 1 aromatic heterocycles. The summed E-state index contributed by atoms with van der Waals surface area (Å²) in [4.78, 5) is 4.01. The second-order valence-electron chi connectivity index (χ2n) is 4.04. The molecule has 87 valence electrons. The predicted molar refractivity (Wildman–Crippen MR) is 59.5 cm³/mol. The second kappa shape index (κ2) is 4.36. The highest BCUT2D eigenvalue weighted by Crippen LogP contribution is 2.33. The Kier molecular flexibility index (Phi) is 3.08. The first kappa shape index (κ1) is 11.3. The maximum Gasteiger partial charge on any atom is 0.289 e. The summed E-state index contributed by atoms with van der Waals surface area (Å²) >= 11 is 0. The van der Waals surface area contributed by atoms with Gasteiger partial charge in [-0.1, -0.05) is 13.0 Å². The van der Waals surface area contributed by atoms with E-state index >= 15 is 0 Å². The summed E-state index contributed by atoms with van der Waals surface area (Å²) in [7, 11) is 0. The van der Waals surface area contributed by atoms with Crippen molar-refractivity contribution >= 4 is 5.82 Å². The lowest BCUT2D eigenvalue weighted by Gasteiger charge is -2.20. The SMILES string of the molecule is [CH2]CCC(F)(F)c1ccc2c(n1)NCCC2. The van der Waals surface area contributed by atoms with Crippen molar-refractivity contribution in [3.8, 4) is 0 Å². The minimum atomic E-state index is -2.87. The molecule has 0 saturated heterocycles. The van der Waals surface area contributed by atoms with Crippen molar-refractivity contribution in [1.82, 2.24) is 4.98 Å². The first-order chi connectivity index (χ1) is 7.63. The molecule has 0 atom stereocenters. The van der Waals surface area contributed by atoms with Crippen LogP contribution in [-0.2, 0) is 12.3 Å². The number of anilines is 1. The number of nitrogens with one attached hydrogen (secondary N) is 1. The molecule has 1 aromatic rings. The van der Waals surface area contributed by atoms with Gasteiger partial charge in [-0.05, 0) is 30.9 Å².